The van der Waals surface area contributed by atoms with Gasteiger partial charge in [0.05, 0.1) is 23.9 Å². The molecule has 1 amide bonds. The zero-order chi connectivity index (χ0) is 27.9. The van der Waals surface area contributed by atoms with Gasteiger partial charge < -0.3 is 19.1 Å². The largest absolute Gasteiger partial charge is 0.493 e. The number of para-hydroxylation sites is 1. The molecule has 5 rings (SSSR count). The van der Waals surface area contributed by atoms with Crippen molar-refractivity contribution >= 4 is 22.5 Å². The van der Waals surface area contributed by atoms with E-state index in [9.17, 15) is 10.1 Å². The van der Waals surface area contributed by atoms with E-state index in [0.29, 0.717) is 66.7 Å². The minimum absolute atomic E-state index is 0.191. The van der Waals surface area contributed by atoms with E-state index in [0.717, 1.165) is 16.8 Å². The van der Waals surface area contributed by atoms with Crippen molar-refractivity contribution in [3.8, 4) is 29.1 Å². The number of methoxy groups -OCH3 is 1. The first-order valence-electron chi connectivity index (χ1n) is 12.9. The lowest BCUT2D eigenvalue weighted by molar-refractivity contribution is 0.0777. The van der Waals surface area contributed by atoms with E-state index < -0.39 is 0 Å². The third-order valence-electron chi connectivity index (χ3n) is 6.55. The number of hydrogen-bond donors (Lipinski definition) is 1. The van der Waals surface area contributed by atoms with Gasteiger partial charge >= 0.3 is 0 Å². The topological polar surface area (TPSA) is 100.0 Å². The van der Waals surface area contributed by atoms with Gasteiger partial charge in [0, 0.05) is 49.4 Å². The van der Waals surface area contributed by atoms with Gasteiger partial charge in [0.25, 0.3) is 5.91 Å². The summed E-state index contributed by atoms with van der Waals surface area (Å²) in [5, 5.41) is 12.5. The fourth-order valence-electron chi connectivity index (χ4n) is 4.58. The van der Waals surface area contributed by atoms with E-state index >= 15 is 0 Å². The number of pyridine rings is 1. The number of nitrogens with one attached hydrogen (secondary N) is 1. The van der Waals surface area contributed by atoms with E-state index in [-0.39, 0.29) is 5.91 Å². The number of aromatic nitrogens is 1. The normalized spacial score (nSPS) is 13.3. The molecule has 0 saturated carbocycles. The summed E-state index contributed by atoms with van der Waals surface area (Å²) >= 11 is 0. The Morgan fingerprint density at radius 1 is 1.05 bits per heavy atom. The van der Waals surface area contributed by atoms with Crippen LogP contribution in [0.3, 0.4) is 0 Å². The quantitative estimate of drug-likeness (QED) is 0.301. The SMILES string of the molecule is C=CCOc1cc2ncc(C#N)c(N3CCN(NC(=O)c4ccc(Oc5ccccc5)cc4)CC3)c2cc1OC. The maximum Gasteiger partial charge on any atom is 0.265 e. The Morgan fingerprint density at radius 2 is 1.77 bits per heavy atom. The van der Waals surface area contributed by atoms with Gasteiger partial charge in [-0.15, -0.1) is 0 Å². The Bertz CT molecular complexity index is 1540. The lowest BCUT2D eigenvalue weighted by Gasteiger charge is -2.36. The van der Waals surface area contributed by atoms with Crippen LogP contribution in [0.4, 0.5) is 5.69 Å². The molecule has 0 radical (unpaired) electrons. The number of amides is 1. The van der Waals surface area contributed by atoms with Crippen molar-refractivity contribution in [3.63, 3.8) is 0 Å². The number of anilines is 1. The number of nitriles is 1. The Hall–Kier alpha value is -5.07. The van der Waals surface area contributed by atoms with E-state index in [4.69, 9.17) is 14.2 Å². The van der Waals surface area contributed by atoms with Crippen molar-refractivity contribution in [1.29, 1.82) is 5.26 Å². The molecule has 0 atom stereocenters. The zero-order valence-electron chi connectivity index (χ0n) is 22.2. The van der Waals surface area contributed by atoms with Crippen LogP contribution in [0.2, 0.25) is 0 Å². The van der Waals surface area contributed by atoms with Crippen LogP contribution < -0.4 is 24.5 Å². The molecule has 0 aliphatic carbocycles. The van der Waals surface area contributed by atoms with Crippen molar-refractivity contribution in [3.05, 3.63) is 96.7 Å². The molecule has 1 aromatic heterocycles. The predicted octanol–water partition coefficient (Wildman–Crippen LogP) is 4.94. The molecule has 2 heterocycles. The third-order valence-corrected chi connectivity index (χ3v) is 6.55. The lowest BCUT2D eigenvalue weighted by atomic mass is 10.1. The van der Waals surface area contributed by atoms with Gasteiger partial charge in [-0.25, -0.2) is 5.01 Å². The molecule has 9 nitrogen and oxygen atoms in total. The van der Waals surface area contributed by atoms with Gasteiger partial charge in [-0.3, -0.25) is 15.2 Å². The highest BCUT2D eigenvalue weighted by atomic mass is 16.5. The number of benzene rings is 3. The average Bonchev–Trinajstić information content (AvgIpc) is 3.00. The maximum absolute atomic E-state index is 12.9. The summed E-state index contributed by atoms with van der Waals surface area (Å²) in [5.74, 6) is 2.32. The van der Waals surface area contributed by atoms with E-state index in [1.807, 2.05) is 47.5 Å². The highest BCUT2D eigenvalue weighted by Crippen LogP contribution is 2.38. The van der Waals surface area contributed by atoms with Crippen LogP contribution in [0.1, 0.15) is 15.9 Å². The summed E-state index contributed by atoms with van der Waals surface area (Å²) in [5.41, 5.74) is 5.50. The molecule has 0 spiro atoms. The molecule has 1 aliphatic rings. The summed E-state index contributed by atoms with van der Waals surface area (Å²) < 4.78 is 17.1. The van der Waals surface area contributed by atoms with Crippen LogP contribution in [0.5, 0.6) is 23.0 Å². The van der Waals surface area contributed by atoms with Crippen molar-refractivity contribution in [2.75, 3.05) is 44.8 Å². The number of nitrogens with zero attached hydrogens (tertiary/aromatic N) is 4. The monoisotopic (exact) mass is 535 g/mol. The summed E-state index contributed by atoms with van der Waals surface area (Å²) in [4.78, 5) is 19.5. The molecule has 0 bridgehead atoms. The fourth-order valence-corrected chi connectivity index (χ4v) is 4.58. The predicted molar refractivity (Wildman–Crippen MR) is 153 cm³/mol. The van der Waals surface area contributed by atoms with Crippen LogP contribution in [0, 0.1) is 11.3 Å². The minimum atomic E-state index is -0.191. The van der Waals surface area contributed by atoms with Gasteiger partial charge in [-0.1, -0.05) is 30.9 Å². The van der Waals surface area contributed by atoms with Crippen LogP contribution >= 0.6 is 0 Å². The Balaban J connectivity index is 1.26. The lowest BCUT2D eigenvalue weighted by Crippen LogP contribution is -2.53. The smallest absolute Gasteiger partial charge is 0.265 e. The second-order valence-corrected chi connectivity index (χ2v) is 9.11. The van der Waals surface area contributed by atoms with Gasteiger partial charge in [-0.2, -0.15) is 5.26 Å². The molecule has 4 aromatic rings. The fraction of sp³-hybridized carbons (Fsp3) is 0.194. The first kappa shape index (κ1) is 26.5. The summed E-state index contributed by atoms with van der Waals surface area (Å²) in [6.07, 6.45) is 3.25. The Morgan fingerprint density at radius 3 is 2.45 bits per heavy atom. The Kier molecular flexibility index (Phi) is 8.09. The molecule has 9 heteroatoms. The summed E-state index contributed by atoms with van der Waals surface area (Å²) in [6, 6.07) is 22.5. The number of ether oxygens (including phenoxy) is 3. The van der Waals surface area contributed by atoms with Gasteiger partial charge in [-0.05, 0) is 42.5 Å². The highest BCUT2D eigenvalue weighted by Gasteiger charge is 2.24. The number of piperazine rings is 1. The minimum Gasteiger partial charge on any atom is -0.493 e. The molecule has 40 heavy (non-hydrogen) atoms. The molecule has 1 saturated heterocycles. The molecule has 3 aromatic carbocycles. The molecular weight excluding hydrogens is 506 g/mol. The molecular formula is C31H29N5O4. The van der Waals surface area contributed by atoms with E-state index in [1.165, 1.54) is 0 Å². The summed E-state index contributed by atoms with van der Waals surface area (Å²) in [6.45, 7) is 6.39. The second-order valence-electron chi connectivity index (χ2n) is 9.11. The van der Waals surface area contributed by atoms with Crippen molar-refractivity contribution in [2.45, 2.75) is 0 Å². The molecule has 0 unspecified atom stereocenters. The maximum atomic E-state index is 12.9. The van der Waals surface area contributed by atoms with Gasteiger partial charge in [0.15, 0.2) is 11.5 Å². The molecule has 1 aliphatic heterocycles. The van der Waals surface area contributed by atoms with E-state index in [2.05, 4.69) is 28.0 Å². The average molecular weight is 536 g/mol. The standard InChI is InChI=1S/C31H29N5O4/c1-3-17-39-29-19-27-26(18-28(29)38-2)30(23(20-32)21-33-27)35-13-15-36(16-14-35)34-31(37)22-9-11-25(12-10-22)40-24-7-5-4-6-8-24/h3-12,18-19,21H,1,13-17H2,2H3,(H,34,37). The number of fused-ring (bicyclic) bond motifs is 1. The van der Waals surface area contributed by atoms with Crippen LogP contribution in [0.15, 0.2) is 85.6 Å². The number of rotatable bonds is 9. The number of hydrazine groups is 1. The molecule has 202 valence electrons. The van der Waals surface area contributed by atoms with Crippen molar-refractivity contribution in [2.24, 2.45) is 0 Å². The number of carbonyl (C=O) groups is 1. The number of carbonyl (C=O) groups excluding carboxylic acids is 1. The number of hydrogen-bond acceptors (Lipinski definition) is 8. The first-order valence-corrected chi connectivity index (χ1v) is 12.9. The van der Waals surface area contributed by atoms with Crippen LogP contribution in [-0.2, 0) is 0 Å². The molecule has 1 N–H and O–H groups in total. The zero-order valence-corrected chi connectivity index (χ0v) is 22.2. The first-order chi connectivity index (χ1) is 19.6. The van der Waals surface area contributed by atoms with Crippen LogP contribution in [-0.4, -0.2) is 55.8 Å². The van der Waals surface area contributed by atoms with Crippen molar-refractivity contribution in [1.82, 2.24) is 15.4 Å². The van der Waals surface area contributed by atoms with Gasteiger partial charge in [0.1, 0.15) is 24.2 Å². The van der Waals surface area contributed by atoms with Gasteiger partial charge in [0.2, 0.25) is 0 Å². The van der Waals surface area contributed by atoms with Crippen molar-refractivity contribution < 1.29 is 19.0 Å². The Labute approximate surface area is 232 Å². The third kappa shape index (κ3) is 5.82. The second kappa shape index (κ2) is 12.2. The molecule has 1 fully saturated rings. The van der Waals surface area contributed by atoms with Crippen LogP contribution in [0.25, 0.3) is 10.9 Å². The highest BCUT2D eigenvalue weighted by molar-refractivity contribution is 5.97. The summed E-state index contributed by atoms with van der Waals surface area (Å²) in [7, 11) is 1.58. The van der Waals surface area contributed by atoms with E-state index in [1.54, 1.807) is 43.6 Å².